The van der Waals surface area contributed by atoms with Crippen molar-refractivity contribution in [3.63, 3.8) is 0 Å². The first-order valence-electron chi connectivity index (χ1n) is 9.14. The lowest BCUT2D eigenvalue weighted by atomic mass is 10.0. The first-order chi connectivity index (χ1) is 13.8. The quantitative estimate of drug-likeness (QED) is 0.591. The number of hydrogen-bond acceptors (Lipinski definition) is 4. The van der Waals surface area contributed by atoms with Gasteiger partial charge in [0.1, 0.15) is 12.5 Å². The Balaban J connectivity index is 1.78. The van der Waals surface area contributed by atoms with Crippen LogP contribution < -0.4 is 10.6 Å². The Bertz CT molecular complexity index is 1100. The van der Waals surface area contributed by atoms with E-state index in [0.717, 1.165) is 22.9 Å². The Labute approximate surface area is 166 Å². The van der Waals surface area contributed by atoms with Crippen molar-refractivity contribution >= 4 is 17.2 Å². The van der Waals surface area contributed by atoms with Gasteiger partial charge in [0.25, 0.3) is 0 Å². The van der Waals surface area contributed by atoms with E-state index in [9.17, 15) is 13.2 Å². The Morgan fingerprint density at radius 2 is 1.66 bits per heavy atom. The molecule has 2 aromatic carbocycles. The highest BCUT2D eigenvalue weighted by atomic mass is 19.4. The Hall–Kier alpha value is -3.35. The molecule has 0 atom stereocenters. The molecule has 1 aliphatic rings. The summed E-state index contributed by atoms with van der Waals surface area (Å²) in [6.45, 7) is 4.10. The molecule has 29 heavy (non-hydrogen) atoms. The summed E-state index contributed by atoms with van der Waals surface area (Å²) >= 11 is 0. The summed E-state index contributed by atoms with van der Waals surface area (Å²) < 4.78 is 40.4. The van der Waals surface area contributed by atoms with Crippen LogP contribution in [0.3, 0.4) is 0 Å². The van der Waals surface area contributed by atoms with Crippen LogP contribution in [0.1, 0.15) is 22.4 Å². The third-order valence-electron chi connectivity index (χ3n) is 4.97. The van der Waals surface area contributed by atoms with Gasteiger partial charge in [0.05, 0.1) is 11.3 Å². The van der Waals surface area contributed by atoms with Crippen LogP contribution in [-0.2, 0) is 6.18 Å². The fraction of sp³-hybridized carbons (Fsp3) is 0.182. The number of pyridine rings is 1. The topological polar surface area (TPSA) is 49.3 Å². The van der Waals surface area contributed by atoms with E-state index in [-0.39, 0.29) is 11.3 Å². The molecular formula is C22H19F3N4. The first-order valence-corrected chi connectivity index (χ1v) is 9.14. The summed E-state index contributed by atoms with van der Waals surface area (Å²) in [6, 6.07) is 14.9. The standard InChI is InChI=1S/C22H19F3N4/c1-13-14(2)28-20(15-7-3-5-9-17(15)22(23,24)25)11-19(13)29-21-16-8-4-6-10-18(16)26-12-27-21/h3-11,26H,12H2,1-2H3,(H,27,28,29). The average Bonchev–Trinajstić information content (AvgIpc) is 2.71. The van der Waals surface area contributed by atoms with Gasteiger partial charge in [-0.15, -0.1) is 0 Å². The SMILES string of the molecule is Cc1nc(-c2ccccc2C(F)(F)F)cc(NC2=NCNc3ccccc32)c1C. The number of nitrogens with one attached hydrogen (secondary N) is 2. The maximum atomic E-state index is 13.5. The van der Waals surface area contributed by atoms with Crippen LogP contribution in [0, 0.1) is 13.8 Å². The predicted octanol–water partition coefficient (Wildman–Crippen LogP) is 5.63. The van der Waals surface area contributed by atoms with Crippen molar-refractivity contribution in [1.29, 1.82) is 0 Å². The lowest BCUT2D eigenvalue weighted by molar-refractivity contribution is -0.137. The lowest BCUT2D eigenvalue weighted by Gasteiger charge is -2.21. The van der Waals surface area contributed by atoms with E-state index in [1.54, 1.807) is 19.1 Å². The van der Waals surface area contributed by atoms with Crippen LogP contribution in [0.4, 0.5) is 24.5 Å². The summed E-state index contributed by atoms with van der Waals surface area (Å²) in [5, 5.41) is 6.50. The maximum absolute atomic E-state index is 13.5. The summed E-state index contributed by atoms with van der Waals surface area (Å²) in [7, 11) is 0. The molecule has 0 saturated carbocycles. The zero-order chi connectivity index (χ0) is 20.6. The summed E-state index contributed by atoms with van der Waals surface area (Å²) in [5.41, 5.74) is 3.68. The molecule has 0 radical (unpaired) electrons. The van der Waals surface area contributed by atoms with Crippen molar-refractivity contribution in [2.24, 2.45) is 4.99 Å². The molecule has 2 heterocycles. The summed E-state index contributed by atoms with van der Waals surface area (Å²) in [5.74, 6) is 0.670. The van der Waals surface area contributed by atoms with Gasteiger partial charge in [-0.2, -0.15) is 13.2 Å². The molecule has 148 valence electrons. The molecule has 1 aliphatic heterocycles. The smallest absolute Gasteiger partial charge is 0.366 e. The monoisotopic (exact) mass is 396 g/mol. The minimum atomic E-state index is -4.46. The number of amidine groups is 1. The highest BCUT2D eigenvalue weighted by Gasteiger charge is 2.33. The van der Waals surface area contributed by atoms with E-state index in [1.165, 1.54) is 12.1 Å². The van der Waals surface area contributed by atoms with E-state index >= 15 is 0 Å². The molecular weight excluding hydrogens is 377 g/mol. The first kappa shape index (κ1) is 19.0. The van der Waals surface area contributed by atoms with Crippen LogP contribution in [0.2, 0.25) is 0 Å². The second-order valence-electron chi connectivity index (χ2n) is 6.82. The van der Waals surface area contributed by atoms with Crippen LogP contribution in [0.15, 0.2) is 59.6 Å². The van der Waals surface area contributed by atoms with Gasteiger partial charge in [-0.25, -0.2) is 4.99 Å². The van der Waals surface area contributed by atoms with Crippen molar-refractivity contribution in [3.05, 3.63) is 77.0 Å². The molecule has 4 rings (SSSR count). The number of aliphatic imine (C=N–C) groups is 1. The van der Waals surface area contributed by atoms with E-state index in [1.807, 2.05) is 31.2 Å². The number of benzene rings is 2. The molecule has 0 bridgehead atoms. The average molecular weight is 396 g/mol. The van der Waals surface area contributed by atoms with E-state index in [4.69, 9.17) is 0 Å². The molecule has 0 aliphatic carbocycles. The summed E-state index contributed by atoms with van der Waals surface area (Å²) in [4.78, 5) is 8.91. The molecule has 2 N–H and O–H groups in total. The Kier molecular flexibility index (Phi) is 4.74. The molecule has 0 unspecified atom stereocenters. The largest absolute Gasteiger partial charge is 0.417 e. The molecule has 0 amide bonds. The van der Waals surface area contributed by atoms with Gasteiger partial charge in [0, 0.05) is 28.2 Å². The van der Waals surface area contributed by atoms with Crippen LogP contribution >= 0.6 is 0 Å². The maximum Gasteiger partial charge on any atom is 0.417 e. The number of anilines is 2. The van der Waals surface area contributed by atoms with Crippen LogP contribution in [0.25, 0.3) is 11.3 Å². The minimum Gasteiger partial charge on any atom is -0.366 e. The normalized spacial score (nSPS) is 13.3. The second kappa shape index (κ2) is 7.24. The number of aromatic nitrogens is 1. The third kappa shape index (κ3) is 3.68. The molecule has 0 fully saturated rings. The third-order valence-corrected chi connectivity index (χ3v) is 4.97. The van der Waals surface area contributed by atoms with Crippen molar-refractivity contribution in [2.45, 2.75) is 20.0 Å². The van der Waals surface area contributed by atoms with Crippen molar-refractivity contribution in [2.75, 3.05) is 17.3 Å². The van der Waals surface area contributed by atoms with Gasteiger partial charge >= 0.3 is 6.18 Å². The van der Waals surface area contributed by atoms with Gasteiger partial charge in [-0.1, -0.05) is 30.3 Å². The van der Waals surface area contributed by atoms with Gasteiger partial charge < -0.3 is 10.6 Å². The predicted molar refractivity (Wildman–Crippen MR) is 109 cm³/mol. The molecule has 3 aromatic rings. The number of para-hydroxylation sites is 1. The zero-order valence-corrected chi connectivity index (χ0v) is 15.9. The second-order valence-corrected chi connectivity index (χ2v) is 6.82. The van der Waals surface area contributed by atoms with Crippen molar-refractivity contribution < 1.29 is 13.2 Å². The lowest BCUT2D eigenvalue weighted by Crippen LogP contribution is -2.22. The number of halogens is 3. The Morgan fingerprint density at radius 3 is 2.41 bits per heavy atom. The molecule has 0 saturated heterocycles. The molecule has 7 heteroatoms. The van der Waals surface area contributed by atoms with Gasteiger partial charge in [0.2, 0.25) is 0 Å². The van der Waals surface area contributed by atoms with Crippen molar-refractivity contribution in [3.8, 4) is 11.3 Å². The highest BCUT2D eigenvalue weighted by Crippen LogP contribution is 2.37. The van der Waals surface area contributed by atoms with E-state index < -0.39 is 11.7 Å². The summed E-state index contributed by atoms with van der Waals surface area (Å²) in [6.07, 6.45) is -4.46. The van der Waals surface area contributed by atoms with E-state index in [2.05, 4.69) is 20.6 Å². The number of alkyl halides is 3. The van der Waals surface area contributed by atoms with E-state index in [0.29, 0.717) is 23.9 Å². The number of aryl methyl sites for hydroxylation is 1. The fourth-order valence-electron chi connectivity index (χ4n) is 3.33. The number of nitrogens with zero attached hydrogens (tertiary/aromatic N) is 2. The van der Waals surface area contributed by atoms with Gasteiger partial charge in [-0.05, 0) is 43.7 Å². The van der Waals surface area contributed by atoms with Crippen LogP contribution in [-0.4, -0.2) is 17.5 Å². The number of hydrogen-bond donors (Lipinski definition) is 2. The Morgan fingerprint density at radius 1 is 0.966 bits per heavy atom. The molecule has 4 nitrogen and oxygen atoms in total. The fourth-order valence-corrected chi connectivity index (χ4v) is 3.33. The minimum absolute atomic E-state index is 0.0544. The zero-order valence-electron chi connectivity index (χ0n) is 15.9. The highest BCUT2D eigenvalue weighted by molar-refractivity contribution is 6.13. The van der Waals surface area contributed by atoms with Crippen molar-refractivity contribution in [1.82, 2.24) is 4.98 Å². The van der Waals surface area contributed by atoms with Crippen LogP contribution in [0.5, 0.6) is 0 Å². The number of fused-ring (bicyclic) bond motifs is 1. The van der Waals surface area contributed by atoms with Gasteiger partial charge in [-0.3, -0.25) is 4.98 Å². The van der Waals surface area contributed by atoms with Gasteiger partial charge in [0.15, 0.2) is 0 Å². The molecule has 0 spiro atoms. The molecule has 1 aromatic heterocycles. The number of rotatable bonds is 2.